The van der Waals surface area contributed by atoms with Crippen molar-refractivity contribution in [3.05, 3.63) is 39.1 Å². The van der Waals surface area contributed by atoms with E-state index in [0.29, 0.717) is 16.4 Å². The van der Waals surface area contributed by atoms with E-state index in [0.717, 1.165) is 29.5 Å². The van der Waals surface area contributed by atoms with Crippen molar-refractivity contribution < 1.29 is 9.31 Å². The third-order valence-electron chi connectivity index (χ3n) is 2.58. The molecule has 2 aromatic rings. The van der Waals surface area contributed by atoms with Gasteiger partial charge in [0, 0.05) is 6.07 Å². The Hall–Kier alpha value is -1.93. The molecule has 0 radical (unpaired) electrons. The maximum atomic E-state index is 13.2. The summed E-state index contributed by atoms with van der Waals surface area (Å²) in [5.74, 6) is -0.558. The Bertz CT molecular complexity index is 616. The number of hydrogen-bond acceptors (Lipinski definition) is 6. The van der Waals surface area contributed by atoms with Gasteiger partial charge in [-0.15, -0.1) is 10.2 Å². The fourth-order valence-corrected chi connectivity index (χ4v) is 2.46. The van der Waals surface area contributed by atoms with Gasteiger partial charge < -0.3 is 5.73 Å². The largest absolute Gasteiger partial charge is 0.322 e. The van der Waals surface area contributed by atoms with E-state index >= 15 is 0 Å². The van der Waals surface area contributed by atoms with E-state index in [-0.39, 0.29) is 17.3 Å². The molecule has 1 aromatic heterocycles. The number of nitrogens with two attached hydrogens (primary N) is 1. The summed E-state index contributed by atoms with van der Waals surface area (Å²) < 4.78 is 13.2. The van der Waals surface area contributed by atoms with Crippen molar-refractivity contribution in [2.75, 3.05) is 0 Å². The zero-order valence-corrected chi connectivity index (χ0v) is 10.9. The fraction of sp³-hybridized carbons (Fsp3) is 0.273. The number of nitrogens with zero attached hydrogens (tertiary/aromatic N) is 3. The molecule has 0 fully saturated rings. The standard InChI is InChI=1S/C11H11FN4O2S/c1-2-8(13)11-15-14-10(19-11)7-5-6(12)3-4-9(7)16(17)18/h3-5,8H,2,13H2,1H3. The molecular weight excluding hydrogens is 271 g/mol. The van der Waals surface area contributed by atoms with Crippen LogP contribution in [0.3, 0.4) is 0 Å². The van der Waals surface area contributed by atoms with Crippen LogP contribution in [0.1, 0.15) is 24.4 Å². The summed E-state index contributed by atoms with van der Waals surface area (Å²) in [7, 11) is 0. The molecule has 0 aliphatic carbocycles. The van der Waals surface area contributed by atoms with Gasteiger partial charge in [0.2, 0.25) is 0 Å². The van der Waals surface area contributed by atoms with Gasteiger partial charge in [0.25, 0.3) is 5.69 Å². The lowest BCUT2D eigenvalue weighted by Gasteiger charge is -2.01. The molecule has 0 spiro atoms. The van der Waals surface area contributed by atoms with E-state index in [9.17, 15) is 14.5 Å². The van der Waals surface area contributed by atoms with Crippen molar-refractivity contribution in [3.63, 3.8) is 0 Å². The van der Waals surface area contributed by atoms with Crippen molar-refractivity contribution >= 4 is 17.0 Å². The Kier molecular flexibility index (Phi) is 3.82. The fourth-order valence-electron chi connectivity index (χ4n) is 1.51. The summed E-state index contributed by atoms with van der Waals surface area (Å²) >= 11 is 1.14. The van der Waals surface area contributed by atoms with Gasteiger partial charge in [-0.25, -0.2) is 4.39 Å². The molecule has 0 aliphatic rings. The van der Waals surface area contributed by atoms with Crippen LogP contribution in [0.15, 0.2) is 18.2 Å². The molecule has 19 heavy (non-hydrogen) atoms. The molecule has 1 aromatic carbocycles. The van der Waals surface area contributed by atoms with Crippen LogP contribution in [0.5, 0.6) is 0 Å². The quantitative estimate of drug-likeness (QED) is 0.687. The van der Waals surface area contributed by atoms with Crippen molar-refractivity contribution in [3.8, 4) is 10.6 Å². The Morgan fingerprint density at radius 2 is 2.26 bits per heavy atom. The van der Waals surface area contributed by atoms with Gasteiger partial charge in [0.1, 0.15) is 10.8 Å². The first-order chi connectivity index (χ1) is 9.02. The normalized spacial score (nSPS) is 12.4. The monoisotopic (exact) mass is 282 g/mol. The molecule has 1 atom stereocenters. The summed E-state index contributed by atoms with van der Waals surface area (Å²) in [5, 5.41) is 19.5. The smallest absolute Gasteiger partial charge is 0.279 e. The van der Waals surface area contributed by atoms with E-state index in [1.807, 2.05) is 6.92 Å². The zero-order chi connectivity index (χ0) is 14.0. The molecule has 0 aliphatic heterocycles. The molecule has 6 nitrogen and oxygen atoms in total. The van der Waals surface area contributed by atoms with Crippen LogP contribution in [-0.4, -0.2) is 15.1 Å². The van der Waals surface area contributed by atoms with E-state index in [1.165, 1.54) is 0 Å². The van der Waals surface area contributed by atoms with Gasteiger partial charge in [0.15, 0.2) is 5.01 Å². The summed E-state index contributed by atoms with van der Waals surface area (Å²) in [4.78, 5) is 10.3. The first-order valence-corrected chi connectivity index (χ1v) is 6.38. The molecule has 1 unspecified atom stereocenters. The summed E-state index contributed by atoms with van der Waals surface area (Å²) in [5.41, 5.74) is 5.74. The van der Waals surface area contributed by atoms with Crippen LogP contribution in [0, 0.1) is 15.9 Å². The third kappa shape index (κ3) is 2.74. The first-order valence-electron chi connectivity index (χ1n) is 5.56. The van der Waals surface area contributed by atoms with Crippen molar-refractivity contribution in [1.82, 2.24) is 10.2 Å². The average Bonchev–Trinajstić information content (AvgIpc) is 2.86. The molecule has 100 valence electrons. The van der Waals surface area contributed by atoms with Crippen LogP contribution in [0.2, 0.25) is 0 Å². The van der Waals surface area contributed by atoms with Crippen molar-refractivity contribution in [2.24, 2.45) is 5.73 Å². The Labute approximate surface area is 112 Å². The van der Waals surface area contributed by atoms with Crippen LogP contribution < -0.4 is 5.73 Å². The van der Waals surface area contributed by atoms with Gasteiger partial charge in [-0.2, -0.15) is 0 Å². The highest BCUT2D eigenvalue weighted by Gasteiger charge is 2.20. The lowest BCUT2D eigenvalue weighted by Crippen LogP contribution is -2.07. The van der Waals surface area contributed by atoms with Gasteiger partial charge >= 0.3 is 0 Å². The Morgan fingerprint density at radius 3 is 2.89 bits per heavy atom. The van der Waals surface area contributed by atoms with Crippen molar-refractivity contribution in [1.29, 1.82) is 0 Å². The lowest BCUT2D eigenvalue weighted by molar-refractivity contribution is -0.384. The van der Waals surface area contributed by atoms with Crippen LogP contribution in [0.4, 0.5) is 10.1 Å². The number of nitro benzene ring substituents is 1. The highest BCUT2D eigenvalue weighted by Crippen LogP contribution is 2.33. The summed E-state index contributed by atoms with van der Waals surface area (Å²) in [6, 6.07) is 2.98. The molecule has 1 heterocycles. The minimum Gasteiger partial charge on any atom is -0.322 e. The number of hydrogen-bond donors (Lipinski definition) is 1. The van der Waals surface area contributed by atoms with Gasteiger partial charge in [-0.05, 0) is 18.6 Å². The van der Waals surface area contributed by atoms with Gasteiger partial charge in [-0.3, -0.25) is 10.1 Å². The van der Waals surface area contributed by atoms with Crippen molar-refractivity contribution in [2.45, 2.75) is 19.4 Å². The van der Waals surface area contributed by atoms with Crippen LogP contribution in [0.25, 0.3) is 10.6 Å². The Balaban J connectivity index is 2.49. The molecular formula is C11H11FN4O2S. The molecule has 0 saturated carbocycles. The van der Waals surface area contributed by atoms with Gasteiger partial charge in [-0.1, -0.05) is 18.3 Å². The van der Waals surface area contributed by atoms with E-state index in [4.69, 9.17) is 5.73 Å². The maximum absolute atomic E-state index is 13.2. The molecule has 2 N–H and O–H groups in total. The number of halogens is 1. The first kappa shape index (κ1) is 13.5. The molecule has 2 rings (SSSR count). The van der Waals surface area contributed by atoms with Crippen LogP contribution >= 0.6 is 11.3 Å². The Morgan fingerprint density at radius 1 is 1.53 bits per heavy atom. The molecule has 0 bridgehead atoms. The topological polar surface area (TPSA) is 94.9 Å². The van der Waals surface area contributed by atoms with E-state index in [2.05, 4.69) is 10.2 Å². The molecule has 0 saturated heterocycles. The minimum atomic E-state index is -0.574. The highest BCUT2D eigenvalue weighted by molar-refractivity contribution is 7.14. The van der Waals surface area contributed by atoms with E-state index in [1.54, 1.807) is 0 Å². The SMILES string of the molecule is CCC(N)c1nnc(-c2cc(F)ccc2[N+](=O)[O-])s1. The second-order valence-corrected chi connectivity index (χ2v) is 4.89. The third-order valence-corrected chi connectivity index (χ3v) is 3.67. The highest BCUT2D eigenvalue weighted by atomic mass is 32.1. The second-order valence-electron chi connectivity index (χ2n) is 3.88. The maximum Gasteiger partial charge on any atom is 0.279 e. The average molecular weight is 282 g/mol. The van der Waals surface area contributed by atoms with Crippen LogP contribution in [-0.2, 0) is 0 Å². The number of nitro groups is 1. The lowest BCUT2D eigenvalue weighted by atomic mass is 10.2. The van der Waals surface area contributed by atoms with Gasteiger partial charge in [0.05, 0.1) is 16.5 Å². The second kappa shape index (κ2) is 5.37. The minimum absolute atomic E-state index is 0.122. The number of rotatable bonds is 4. The predicted octanol–water partition coefficient (Wildman–Crippen LogP) is 2.66. The molecule has 0 amide bonds. The number of aromatic nitrogens is 2. The predicted molar refractivity (Wildman–Crippen MR) is 69.2 cm³/mol. The summed E-state index contributed by atoms with van der Waals surface area (Å²) in [6.45, 7) is 1.90. The summed E-state index contributed by atoms with van der Waals surface area (Å²) in [6.07, 6.45) is 0.680. The number of benzene rings is 1. The molecule has 8 heteroatoms. The zero-order valence-electron chi connectivity index (χ0n) is 10.0. The van der Waals surface area contributed by atoms with E-state index < -0.39 is 10.7 Å².